The summed E-state index contributed by atoms with van der Waals surface area (Å²) in [7, 11) is 0. The molecule has 0 aliphatic carbocycles. The van der Waals surface area contributed by atoms with Crippen LogP contribution < -0.4 is 10.6 Å². The number of hydrogen-bond acceptors (Lipinski definition) is 5. The third-order valence-electron chi connectivity index (χ3n) is 3.90. The first-order chi connectivity index (χ1) is 12.5. The third kappa shape index (κ3) is 5.11. The van der Waals surface area contributed by atoms with Gasteiger partial charge in [0.2, 0.25) is 0 Å². The number of rotatable bonds is 6. The second-order valence-electron chi connectivity index (χ2n) is 6.56. The van der Waals surface area contributed by atoms with Crippen molar-refractivity contribution in [2.45, 2.75) is 32.4 Å². The summed E-state index contributed by atoms with van der Waals surface area (Å²) >= 11 is 11.9. The fourth-order valence-corrected chi connectivity index (χ4v) is 3.07. The van der Waals surface area contributed by atoms with E-state index in [9.17, 15) is 19.2 Å². The molecule has 1 saturated heterocycles. The van der Waals surface area contributed by atoms with E-state index in [4.69, 9.17) is 27.9 Å². The van der Waals surface area contributed by atoms with E-state index in [-0.39, 0.29) is 0 Å². The minimum Gasteiger partial charge on any atom is -0.454 e. The van der Waals surface area contributed by atoms with Crippen LogP contribution in [0.1, 0.15) is 32.4 Å². The Labute approximate surface area is 166 Å². The number of nitrogens with one attached hydrogen (secondary N) is 2. The van der Waals surface area contributed by atoms with Crippen molar-refractivity contribution in [3.63, 3.8) is 0 Å². The van der Waals surface area contributed by atoms with Crippen LogP contribution in [0.25, 0.3) is 0 Å². The average molecular weight is 416 g/mol. The van der Waals surface area contributed by atoms with Gasteiger partial charge in [0.15, 0.2) is 6.61 Å². The molecule has 2 N–H and O–H groups in total. The van der Waals surface area contributed by atoms with E-state index >= 15 is 0 Å². The summed E-state index contributed by atoms with van der Waals surface area (Å²) in [4.78, 5) is 48.3. The van der Waals surface area contributed by atoms with Gasteiger partial charge in [0.25, 0.3) is 11.8 Å². The van der Waals surface area contributed by atoms with Crippen molar-refractivity contribution in [3.8, 4) is 0 Å². The van der Waals surface area contributed by atoms with Crippen molar-refractivity contribution in [1.29, 1.82) is 0 Å². The van der Waals surface area contributed by atoms with Gasteiger partial charge < -0.3 is 15.4 Å². The van der Waals surface area contributed by atoms with Crippen LogP contribution >= 0.6 is 23.2 Å². The van der Waals surface area contributed by atoms with Gasteiger partial charge in [-0.1, -0.05) is 29.3 Å². The van der Waals surface area contributed by atoms with Gasteiger partial charge in [-0.2, -0.15) is 0 Å². The van der Waals surface area contributed by atoms with E-state index in [1.165, 1.54) is 13.8 Å². The van der Waals surface area contributed by atoms with Gasteiger partial charge in [-0.25, -0.2) is 4.79 Å². The maximum Gasteiger partial charge on any atom is 0.326 e. The molecule has 4 amide bonds. The molecule has 1 aliphatic rings. The Morgan fingerprint density at radius 2 is 1.96 bits per heavy atom. The lowest BCUT2D eigenvalue weighted by molar-refractivity contribution is -0.151. The van der Waals surface area contributed by atoms with Crippen LogP contribution in [0.3, 0.4) is 0 Å². The number of benzene rings is 1. The molecule has 0 saturated carbocycles. The van der Waals surface area contributed by atoms with Gasteiger partial charge >= 0.3 is 12.0 Å². The molecule has 1 aromatic rings. The molecular formula is C17H19Cl2N3O5. The Kier molecular flexibility index (Phi) is 6.33. The quantitative estimate of drug-likeness (QED) is 0.546. The molecule has 146 valence electrons. The largest absolute Gasteiger partial charge is 0.454 e. The molecular weight excluding hydrogens is 397 g/mol. The summed E-state index contributed by atoms with van der Waals surface area (Å²) in [5.74, 6) is -1.97. The van der Waals surface area contributed by atoms with Crippen LogP contribution in [0.15, 0.2) is 18.2 Å². The maximum absolute atomic E-state index is 12.0. The number of esters is 1. The molecule has 1 atom stereocenters. The predicted octanol–water partition coefficient (Wildman–Crippen LogP) is 2.04. The number of carbonyl (C=O) groups excluding carboxylic acids is 4. The lowest BCUT2D eigenvalue weighted by atomic mass is 10.1. The molecule has 2 rings (SSSR count). The topological polar surface area (TPSA) is 105 Å². The van der Waals surface area contributed by atoms with E-state index in [0.717, 1.165) is 4.90 Å². The number of halogens is 2. The number of hydrogen-bond donors (Lipinski definition) is 2. The SMILES string of the molecule is CC(NC(=O)COC(=O)CN1C(=O)NC(C)(C)C1=O)c1ccc(Cl)cc1Cl. The molecule has 1 aromatic carbocycles. The Hall–Kier alpha value is -2.32. The number of carbonyl (C=O) groups is 4. The molecule has 1 heterocycles. The number of imide groups is 1. The fraction of sp³-hybridized carbons (Fsp3) is 0.412. The van der Waals surface area contributed by atoms with Crippen molar-refractivity contribution < 1.29 is 23.9 Å². The molecule has 8 nitrogen and oxygen atoms in total. The van der Waals surface area contributed by atoms with Gasteiger partial charge in [0, 0.05) is 10.0 Å². The van der Waals surface area contributed by atoms with E-state index in [1.54, 1.807) is 25.1 Å². The zero-order valence-corrected chi connectivity index (χ0v) is 16.5. The molecule has 0 aromatic heterocycles. The monoisotopic (exact) mass is 415 g/mol. The van der Waals surface area contributed by atoms with Gasteiger partial charge in [-0.3, -0.25) is 19.3 Å². The Morgan fingerprint density at radius 3 is 2.52 bits per heavy atom. The fourth-order valence-electron chi connectivity index (χ4n) is 2.50. The second-order valence-corrected chi connectivity index (χ2v) is 7.41. The number of ether oxygens (including phenoxy) is 1. The number of urea groups is 1. The highest BCUT2D eigenvalue weighted by atomic mass is 35.5. The Morgan fingerprint density at radius 1 is 1.30 bits per heavy atom. The second kappa shape index (κ2) is 8.14. The van der Waals surface area contributed by atoms with Crippen LogP contribution in [0.5, 0.6) is 0 Å². The smallest absolute Gasteiger partial charge is 0.326 e. The minimum absolute atomic E-state index is 0.397. The van der Waals surface area contributed by atoms with Gasteiger partial charge in [-0.15, -0.1) is 0 Å². The number of nitrogens with zero attached hydrogens (tertiary/aromatic N) is 1. The summed E-state index contributed by atoms with van der Waals surface area (Å²) < 4.78 is 4.84. The van der Waals surface area contributed by atoms with Crippen molar-refractivity contribution in [2.75, 3.05) is 13.2 Å². The zero-order chi connectivity index (χ0) is 20.4. The summed E-state index contributed by atoms with van der Waals surface area (Å²) in [6, 6.07) is 3.76. The summed E-state index contributed by atoms with van der Waals surface area (Å²) in [5, 5.41) is 5.95. The molecule has 1 aliphatic heterocycles. The lowest BCUT2D eigenvalue weighted by Gasteiger charge is -2.17. The van der Waals surface area contributed by atoms with Crippen molar-refractivity contribution >= 4 is 47.0 Å². The molecule has 10 heteroatoms. The first kappa shape index (κ1) is 21.0. The van der Waals surface area contributed by atoms with Gasteiger partial charge in [0.1, 0.15) is 12.1 Å². The van der Waals surface area contributed by atoms with E-state index in [2.05, 4.69) is 10.6 Å². The zero-order valence-electron chi connectivity index (χ0n) is 15.0. The van der Waals surface area contributed by atoms with Crippen LogP contribution in [-0.4, -0.2) is 47.4 Å². The highest BCUT2D eigenvalue weighted by Gasteiger charge is 2.45. The van der Waals surface area contributed by atoms with Crippen LogP contribution in [0.4, 0.5) is 4.79 Å². The summed E-state index contributed by atoms with van der Waals surface area (Å²) in [6.07, 6.45) is 0. The van der Waals surface area contributed by atoms with E-state index in [0.29, 0.717) is 15.6 Å². The maximum atomic E-state index is 12.0. The van der Waals surface area contributed by atoms with E-state index in [1.807, 2.05) is 0 Å². The third-order valence-corrected chi connectivity index (χ3v) is 4.46. The standard InChI is InChI=1S/C17H19Cl2N3O5/c1-9(11-5-4-10(18)6-12(11)19)20-13(23)8-27-14(24)7-22-15(25)17(2,3)21-16(22)26/h4-6,9H,7-8H2,1-3H3,(H,20,23)(H,21,26). The minimum atomic E-state index is -1.08. The van der Waals surface area contributed by atoms with Crippen molar-refractivity contribution in [2.24, 2.45) is 0 Å². The van der Waals surface area contributed by atoms with Crippen molar-refractivity contribution in [3.05, 3.63) is 33.8 Å². The molecule has 0 radical (unpaired) electrons. The molecule has 0 spiro atoms. The average Bonchev–Trinajstić information content (AvgIpc) is 2.74. The first-order valence-electron chi connectivity index (χ1n) is 8.05. The summed E-state index contributed by atoms with van der Waals surface area (Å²) in [5.41, 5.74) is -0.426. The highest BCUT2D eigenvalue weighted by molar-refractivity contribution is 6.35. The Balaban J connectivity index is 1.84. The molecule has 27 heavy (non-hydrogen) atoms. The Bertz CT molecular complexity index is 797. The van der Waals surface area contributed by atoms with Crippen LogP contribution in [0, 0.1) is 0 Å². The number of amides is 4. The predicted molar refractivity (Wildman–Crippen MR) is 98.3 cm³/mol. The van der Waals surface area contributed by atoms with Gasteiger partial charge in [-0.05, 0) is 38.5 Å². The molecule has 0 bridgehead atoms. The summed E-state index contributed by atoms with van der Waals surface area (Å²) in [6.45, 7) is 3.64. The lowest BCUT2D eigenvalue weighted by Crippen LogP contribution is -2.41. The van der Waals surface area contributed by atoms with E-state index < -0.39 is 48.5 Å². The molecule has 1 fully saturated rings. The first-order valence-corrected chi connectivity index (χ1v) is 8.81. The normalized spacial score (nSPS) is 16.7. The van der Waals surface area contributed by atoms with Gasteiger partial charge in [0.05, 0.1) is 6.04 Å². The highest BCUT2D eigenvalue weighted by Crippen LogP contribution is 2.26. The van der Waals surface area contributed by atoms with Crippen molar-refractivity contribution in [1.82, 2.24) is 15.5 Å². The molecule has 1 unspecified atom stereocenters. The van der Waals surface area contributed by atoms with Crippen LogP contribution in [-0.2, 0) is 19.1 Å². The van der Waals surface area contributed by atoms with Crippen LogP contribution in [0.2, 0.25) is 10.0 Å².